The summed E-state index contributed by atoms with van der Waals surface area (Å²) in [6.45, 7) is 6.27. The lowest BCUT2D eigenvalue weighted by molar-refractivity contribution is -0.129. The van der Waals surface area contributed by atoms with E-state index in [9.17, 15) is 14.7 Å². The van der Waals surface area contributed by atoms with Gasteiger partial charge in [-0.2, -0.15) is 0 Å². The maximum Gasteiger partial charge on any atom is 0.319 e. The Labute approximate surface area is 124 Å². The Morgan fingerprint density at radius 2 is 2.14 bits per heavy atom. The van der Waals surface area contributed by atoms with Gasteiger partial charge in [0, 0.05) is 19.0 Å². The number of urea groups is 1. The maximum absolute atomic E-state index is 11.9. The van der Waals surface area contributed by atoms with Crippen LogP contribution in [0, 0.1) is 6.92 Å². The van der Waals surface area contributed by atoms with Crippen LogP contribution in [0.2, 0.25) is 0 Å². The van der Waals surface area contributed by atoms with Gasteiger partial charge >= 0.3 is 6.03 Å². The third kappa shape index (κ3) is 3.65. The number of nitrogens with one attached hydrogen (secondary N) is 2. The Kier molecular flexibility index (Phi) is 4.35. The number of aromatic hydroxyl groups is 1. The molecule has 1 heterocycles. The average molecular weight is 291 g/mol. The Bertz CT molecular complexity index is 557. The zero-order chi connectivity index (χ0) is 15.6. The lowest BCUT2D eigenvalue weighted by atomic mass is 10.2. The zero-order valence-electron chi connectivity index (χ0n) is 12.5. The highest BCUT2D eigenvalue weighted by Crippen LogP contribution is 2.23. The van der Waals surface area contributed by atoms with Crippen molar-refractivity contribution < 1.29 is 14.7 Å². The van der Waals surface area contributed by atoms with Crippen LogP contribution in [-0.4, -0.2) is 40.6 Å². The highest BCUT2D eigenvalue weighted by molar-refractivity contribution is 5.92. The first-order valence-corrected chi connectivity index (χ1v) is 7.03. The molecule has 1 unspecified atom stereocenters. The number of amides is 3. The van der Waals surface area contributed by atoms with E-state index in [2.05, 4.69) is 10.6 Å². The van der Waals surface area contributed by atoms with Gasteiger partial charge < -0.3 is 20.6 Å². The van der Waals surface area contributed by atoms with E-state index in [1.54, 1.807) is 23.1 Å². The van der Waals surface area contributed by atoms with Crippen molar-refractivity contribution in [2.45, 2.75) is 39.3 Å². The van der Waals surface area contributed by atoms with Gasteiger partial charge in [-0.15, -0.1) is 0 Å². The first-order chi connectivity index (χ1) is 9.86. The average Bonchev–Trinajstić information content (AvgIpc) is 2.74. The van der Waals surface area contributed by atoms with Crippen LogP contribution in [-0.2, 0) is 4.79 Å². The Morgan fingerprint density at radius 3 is 2.71 bits per heavy atom. The third-order valence-electron chi connectivity index (χ3n) is 3.52. The molecule has 1 aromatic carbocycles. The van der Waals surface area contributed by atoms with Crippen molar-refractivity contribution in [3.05, 3.63) is 23.8 Å². The molecule has 6 heteroatoms. The predicted molar refractivity (Wildman–Crippen MR) is 80.3 cm³/mol. The van der Waals surface area contributed by atoms with Crippen molar-refractivity contribution >= 4 is 17.6 Å². The third-order valence-corrected chi connectivity index (χ3v) is 3.52. The molecule has 0 aliphatic carbocycles. The summed E-state index contributed by atoms with van der Waals surface area (Å²) in [5, 5.41) is 15.1. The quantitative estimate of drug-likeness (QED) is 0.743. The van der Waals surface area contributed by atoms with E-state index in [0.29, 0.717) is 18.7 Å². The van der Waals surface area contributed by atoms with E-state index >= 15 is 0 Å². The van der Waals surface area contributed by atoms with Gasteiger partial charge in [0.05, 0.1) is 11.7 Å². The van der Waals surface area contributed by atoms with Crippen LogP contribution in [0.5, 0.6) is 5.75 Å². The van der Waals surface area contributed by atoms with Gasteiger partial charge in [0.15, 0.2) is 0 Å². The molecule has 1 saturated heterocycles. The van der Waals surface area contributed by atoms with Gasteiger partial charge in [0.25, 0.3) is 0 Å². The fourth-order valence-electron chi connectivity index (χ4n) is 2.42. The van der Waals surface area contributed by atoms with Crippen LogP contribution in [0.1, 0.15) is 25.8 Å². The first-order valence-electron chi connectivity index (χ1n) is 7.03. The molecule has 0 bridgehead atoms. The second kappa shape index (κ2) is 6.03. The molecular weight excluding hydrogens is 270 g/mol. The molecule has 1 fully saturated rings. The summed E-state index contributed by atoms with van der Waals surface area (Å²) in [6, 6.07) is 4.53. The van der Waals surface area contributed by atoms with E-state index in [4.69, 9.17) is 0 Å². The molecule has 1 aliphatic heterocycles. The van der Waals surface area contributed by atoms with E-state index in [0.717, 1.165) is 5.56 Å². The number of hydrogen-bond donors (Lipinski definition) is 3. The topological polar surface area (TPSA) is 81.7 Å². The molecule has 114 valence electrons. The largest absolute Gasteiger partial charge is 0.506 e. The molecule has 0 saturated carbocycles. The molecule has 21 heavy (non-hydrogen) atoms. The van der Waals surface area contributed by atoms with Gasteiger partial charge in [0.1, 0.15) is 5.75 Å². The number of carbonyl (C=O) groups excluding carboxylic acids is 2. The highest BCUT2D eigenvalue weighted by Gasteiger charge is 2.31. The van der Waals surface area contributed by atoms with Crippen LogP contribution in [0.4, 0.5) is 10.5 Å². The van der Waals surface area contributed by atoms with E-state index < -0.39 is 6.03 Å². The monoisotopic (exact) mass is 291 g/mol. The number of rotatable bonds is 3. The van der Waals surface area contributed by atoms with Gasteiger partial charge in [-0.1, -0.05) is 6.07 Å². The van der Waals surface area contributed by atoms with Crippen molar-refractivity contribution in [2.75, 3.05) is 11.9 Å². The van der Waals surface area contributed by atoms with E-state index in [1.165, 1.54) is 0 Å². The van der Waals surface area contributed by atoms with Crippen molar-refractivity contribution in [1.29, 1.82) is 0 Å². The minimum absolute atomic E-state index is 0.0245. The number of phenols is 1. The van der Waals surface area contributed by atoms with E-state index in [1.807, 2.05) is 20.8 Å². The van der Waals surface area contributed by atoms with Crippen molar-refractivity contribution in [3.8, 4) is 5.75 Å². The molecule has 6 nitrogen and oxygen atoms in total. The van der Waals surface area contributed by atoms with Crippen LogP contribution in [0.15, 0.2) is 18.2 Å². The number of aryl methyl sites for hydroxylation is 1. The molecular formula is C15H21N3O3. The summed E-state index contributed by atoms with van der Waals surface area (Å²) in [4.78, 5) is 25.4. The number of carbonyl (C=O) groups is 2. The van der Waals surface area contributed by atoms with Gasteiger partial charge in [-0.25, -0.2) is 4.79 Å². The van der Waals surface area contributed by atoms with Crippen molar-refractivity contribution in [1.82, 2.24) is 10.2 Å². The predicted octanol–water partition coefficient (Wildman–Crippen LogP) is 1.83. The van der Waals surface area contributed by atoms with Crippen LogP contribution in [0.3, 0.4) is 0 Å². The molecule has 0 aromatic heterocycles. The number of phenolic OH excluding ortho intramolecular Hbond substituents is 1. The summed E-state index contributed by atoms with van der Waals surface area (Å²) in [5.41, 5.74) is 1.26. The number of anilines is 1. The second-order valence-corrected chi connectivity index (χ2v) is 5.66. The minimum atomic E-state index is -0.419. The lowest BCUT2D eigenvalue weighted by Gasteiger charge is -2.21. The summed E-state index contributed by atoms with van der Waals surface area (Å²) >= 11 is 0. The summed E-state index contributed by atoms with van der Waals surface area (Å²) in [6.07, 6.45) is 0.311. The summed E-state index contributed by atoms with van der Waals surface area (Å²) < 4.78 is 0. The standard InChI is InChI=1S/C15H21N3O3/c1-9(2)18-8-11(7-14(18)20)16-15(21)17-12-5-4-10(3)6-13(12)19/h4-6,9,11,19H,7-8H2,1-3H3,(H2,16,17,21). The van der Waals surface area contributed by atoms with Gasteiger partial charge in [-0.3, -0.25) is 4.79 Å². The SMILES string of the molecule is Cc1ccc(NC(=O)NC2CC(=O)N(C(C)C)C2)c(O)c1. The zero-order valence-corrected chi connectivity index (χ0v) is 12.5. The molecule has 1 atom stereocenters. The molecule has 1 aromatic rings. The number of likely N-dealkylation sites (tertiary alicyclic amines) is 1. The fourth-order valence-corrected chi connectivity index (χ4v) is 2.42. The van der Waals surface area contributed by atoms with Gasteiger partial charge in [-0.05, 0) is 38.5 Å². The van der Waals surface area contributed by atoms with Crippen LogP contribution in [0.25, 0.3) is 0 Å². The van der Waals surface area contributed by atoms with Crippen molar-refractivity contribution in [2.24, 2.45) is 0 Å². The molecule has 0 spiro atoms. The minimum Gasteiger partial charge on any atom is -0.506 e. The fraction of sp³-hybridized carbons (Fsp3) is 0.467. The molecule has 0 radical (unpaired) electrons. The molecule has 3 N–H and O–H groups in total. The number of benzene rings is 1. The Morgan fingerprint density at radius 1 is 1.43 bits per heavy atom. The summed E-state index contributed by atoms with van der Waals surface area (Å²) in [5.74, 6) is 0.0740. The number of nitrogens with zero attached hydrogens (tertiary/aromatic N) is 1. The van der Waals surface area contributed by atoms with Crippen LogP contribution >= 0.6 is 0 Å². The van der Waals surface area contributed by atoms with Gasteiger partial charge in [0.2, 0.25) is 5.91 Å². The maximum atomic E-state index is 11.9. The van der Waals surface area contributed by atoms with E-state index in [-0.39, 0.29) is 23.7 Å². The molecule has 1 aliphatic rings. The number of hydrogen-bond acceptors (Lipinski definition) is 3. The Balaban J connectivity index is 1.92. The lowest BCUT2D eigenvalue weighted by Crippen LogP contribution is -2.40. The Hall–Kier alpha value is -2.24. The van der Waals surface area contributed by atoms with Crippen LogP contribution < -0.4 is 10.6 Å². The normalized spacial score (nSPS) is 18.2. The smallest absolute Gasteiger partial charge is 0.319 e. The molecule has 2 rings (SSSR count). The highest BCUT2D eigenvalue weighted by atomic mass is 16.3. The summed E-state index contributed by atoms with van der Waals surface area (Å²) in [7, 11) is 0. The first kappa shape index (κ1) is 15.2. The molecule has 3 amide bonds. The van der Waals surface area contributed by atoms with Crippen molar-refractivity contribution in [3.63, 3.8) is 0 Å². The second-order valence-electron chi connectivity index (χ2n) is 5.66.